The molecule has 0 aromatic carbocycles. The summed E-state index contributed by atoms with van der Waals surface area (Å²) in [5.74, 6) is 1.07. The molecule has 1 aliphatic rings. The van der Waals surface area contributed by atoms with Crippen LogP contribution in [0.15, 0.2) is 52.6 Å². The Labute approximate surface area is 186 Å². The summed E-state index contributed by atoms with van der Waals surface area (Å²) in [6, 6.07) is 2.33. The topological polar surface area (TPSA) is 80.5 Å². The molecule has 0 saturated heterocycles. The molecule has 172 valence electrons. The molecule has 1 atom stereocenters. The highest BCUT2D eigenvalue weighted by Gasteiger charge is 2.32. The van der Waals surface area contributed by atoms with Gasteiger partial charge in [0.25, 0.3) is 0 Å². The number of thiophene rings is 1. The van der Waals surface area contributed by atoms with E-state index in [0.717, 1.165) is 11.6 Å². The zero-order valence-corrected chi connectivity index (χ0v) is 18.6. The highest BCUT2D eigenvalue weighted by atomic mass is 32.1. The van der Waals surface area contributed by atoms with Gasteiger partial charge < -0.3 is 14.7 Å². The first-order chi connectivity index (χ1) is 15.0. The molecule has 0 saturated carbocycles. The Bertz CT molecular complexity index is 1130. The minimum Gasteiger partial charge on any atom is -0.501 e. The maximum atomic E-state index is 12.8. The van der Waals surface area contributed by atoms with E-state index in [-0.39, 0.29) is 19.0 Å². The molecule has 0 fully saturated rings. The van der Waals surface area contributed by atoms with Crippen molar-refractivity contribution in [3.63, 3.8) is 0 Å². The van der Waals surface area contributed by atoms with Crippen molar-refractivity contribution in [3.8, 4) is 0 Å². The van der Waals surface area contributed by atoms with Crippen molar-refractivity contribution in [2.75, 3.05) is 25.1 Å². The molecule has 0 radical (unpaired) electrons. The largest absolute Gasteiger partial charge is 0.501 e. The van der Waals surface area contributed by atoms with Crippen LogP contribution in [0.3, 0.4) is 0 Å². The van der Waals surface area contributed by atoms with Crippen molar-refractivity contribution in [1.82, 2.24) is 14.5 Å². The Morgan fingerprint density at radius 3 is 2.69 bits per heavy atom. The number of anilines is 1. The minimum absolute atomic E-state index is 0.0597. The van der Waals surface area contributed by atoms with E-state index in [1.54, 1.807) is 30.9 Å². The molecule has 1 aliphatic heterocycles. The first-order valence-corrected chi connectivity index (χ1v) is 10.5. The average Bonchev–Trinajstić information content (AvgIpc) is 3.19. The van der Waals surface area contributed by atoms with Gasteiger partial charge in [-0.2, -0.15) is 23.1 Å². The van der Waals surface area contributed by atoms with Gasteiger partial charge in [0.15, 0.2) is 0 Å². The van der Waals surface area contributed by atoms with E-state index in [0.29, 0.717) is 39.9 Å². The number of alkyl halides is 3. The molecule has 7 nitrogen and oxygen atoms in total. The van der Waals surface area contributed by atoms with Gasteiger partial charge in [0.2, 0.25) is 5.95 Å². The SMILES string of the molecule is C=CC1=C(/C=C(\C)OC)CN(c2nc(C)n(Cc3ccc(C(F)(F)F)s3)c(=O)n2)CC1O. The molecule has 0 aliphatic carbocycles. The molecular formula is C21H23F3N4O3S. The van der Waals surface area contributed by atoms with E-state index in [1.165, 1.54) is 17.7 Å². The Kier molecular flexibility index (Phi) is 6.89. The molecular weight excluding hydrogens is 445 g/mol. The Balaban J connectivity index is 1.89. The van der Waals surface area contributed by atoms with Crippen LogP contribution in [0.2, 0.25) is 0 Å². The number of hydrogen-bond acceptors (Lipinski definition) is 7. The van der Waals surface area contributed by atoms with Gasteiger partial charge in [-0.1, -0.05) is 12.7 Å². The molecule has 11 heteroatoms. The fourth-order valence-corrected chi connectivity index (χ4v) is 4.21. The van der Waals surface area contributed by atoms with E-state index in [9.17, 15) is 23.1 Å². The van der Waals surface area contributed by atoms with E-state index >= 15 is 0 Å². The third-order valence-electron chi connectivity index (χ3n) is 5.02. The van der Waals surface area contributed by atoms with Crippen molar-refractivity contribution in [2.45, 2.75) is 32.7 Å². The van der Waals surface area contributed by atoms with Crippen molar-refractivity contribution < 1.29 is 23.0 Å². The van der Waals surface area contributed by atoms with Crippen LogP contribution in [0.5, 0.6) is 0 Å². The first kappa shape index (κ1) is 23.7. The number of rotatable bonds is 6. The second-order valence-electron chi connectivity index (χ2n) is 7.24. The minimum atomic E-state index is -4.43. The summed E-state index contributed by atoms with van der Waals surface area (Å²) in [7, 11) is 1.54. The number of nitrogens with zero attached hydrogens (tertiary/aromatic N) is 4. The molecule has 0 bridgehead atoms. The summed E-state index contributed by atoms with van der Waals surface area (Å²) in [4.78, 5) is 22.4. The van der Waals surface area contributed by atoms with Crippen LogP contribution in [-0.4, -0.2) is 45.9 Å². The summed E-state index contributed by atoms with van der Waals surface area (Å²) < 4.78 is 44.9. The zero-order chi connectivity index (χ0) is 23.6. The van der Waals surface area contributed by atoms with Gasteiger partial charge in [0.05, 0.1) is 32.1 Å². The summed E-state index contributed by atoms with van der Waals surface area (Å²) >= 11 is 0.578. The Morgan fingerprint density at radius 2 is 2.12 bits per heavy atom. The summed E-state index contributed by atoms with van der Waals surface area (Å²) in [6.07, 6.45) is -1.94. The number of halogens is 3. The summed E-state index contributed by atoms with van der Waals surface area (Å²) in [5, 5.41) is 10.5. The fourth-order valence-electron chi connectivity index (χ4n) is 3.34. The van der Waals surface area contributed by atoms with Crippen LogP contribution in [0.4, 0.5) is 19.1 Å². The van der Waals surface area contributed by atoms with E-state index in [2.05, 4.69) is 16.5 Å². The van der Waals surface area contributed by atoms with Gasteiger partial charge in [-0.25, -0.2) is 4.79 Å². The summed E-state index contributed by atoms with van der Waals surface area (Å²) in [5.41, 5.74) is 0.773. The predicted octanol–water partition coefficient (Wildman–Crippen LogP) is 3.29. The normalized spacial score (nSPS) is 17.7. The molecule has 32 heavy (non-hydrogen) atoms. The predicted molar refractivity (Wildman–Crippen MR) is 116 cm³/mol. The molecule has 1 N–H and O–H groups in total. The fraction of sp³-hybridized carbons (Fsp3) is 0.381. The van der Waals surface area contributed by atoms with Crippen LogP contribution in [-0.2, 0) is 17.5 Å². The number of ether oxygens (including phenoxy) is 1. The third kappa shape index (κ3) is 5.10. The molecule has 3 rings (SSSR count). The first-order valence-electron chi connectivity index (χ1n) is 9.65. The Hall–Kier alpha value is -2.92. The number of β-amino-alcohol motifs (C(OH)–C–C–N with tert-alkyl or cyclic N) is 1. The van der Waals surface area contributed by atoms with Gasteiger partial charge in [0.1, 0.15) is 10.7 Å². The zero-order valence-electron chi connectivity index (χ0n) is 17.8. The van der Waals surface area contributed by atoms with Crippen molar-refractivity contribution in [1.29, 1.82) is 0 Å². The highest BCUT2D eigenvalue weighted by molar-refractivity contribution is 7.12. The molecule has 2 aromatic rings. The third-order valence-corrected chi connectivity index (χ3v) is 6.14. The standard InChI is InChI=1S/C21H23F3N4O3S/c1-5-16-14(8-12(2)31-4)9-27(11-17(16)29)19-25-13(3)28(20(30)26-19)10-15-6-7-18(32-15)21(22,23)24/h5-8,17,29H,1,9-11H2,2-4H3/b12-8+. The highest BCUT2D eigenvalue weighted by Crippen LogP contribution is 2.34. The number of aromatic nitrogens is 3. The van der Waals surface area contributed by atoms with Crippen LogP contribution in [0.25, 0.3) is 0 Å². The van der Waals surface area contributed by atoms with Crippen LogP contribution >= 0.6 is 11.3 Å². The number of allylic oxidation sites excluding steroid dienone is 1. The maximum Gasteiger partial charge on any atom is 0.425 e. The number of aliphatic hydroxyl groups is 1. The Morgan fingerprint density at radius 1 is 1.41 bits per heavy atom. The van der Waals surface area contributed by atoms with Gasteiger partial charge in [-0.15, -0.1) is 11.3 Å². The lowest BCUT2D eigenvalue weighted by atomic mass is 9.97. The van der Waals surface area contributed by atoms with Crippen LogP contribution in [0, 0.1) is 6.92 Å². The molecule has 0 amide bonds. The number of aliphatic hydroxyl groups excluding tert-OH is 1. The second kappa shape index (κ2) is 9.29. The monoisotopic (exact) mass is 468 g/mol. The quantitative estimate of drug-likeness (QED) is 0.656. The number of methoxy groups -OCH3 is 1. The second-order valence-corrected chi connectivity index (χ2v) is 8.41. The lowest BCUT2D eigenvalue weighted by molar-refractivity contribution is -0.134. The maximum absolute atomic E-state index is 12.8. The number of hydrogen-bond donors (Lipinski definition) is 1. The van der Waals surface area contributed by atoms with E-state index < -0.39 is 22.8 Å². The molecule has 0 spiro atoms. The van der Waals surface area contributed by atoms with Gasteiger partial charge in [-0.3, -0.25) is 4.57 Å². The lowest BCUT2D eigenvalue weighted by Gasteiger charge is -2.32. The van der Waals surface area contributed by atoms with Crippen molar-refractivity contribution in [2.24, 2.45) is 0 Å². The summed E-state index contributed by atoms with van der Waals surface area (Å²) in [6.45, 7) is 7.54. The van der Waals surface area contributed by atoms with E-state index in [1.807, 2.05) is 0 Å². The molecule has 2 aromatic heterocycles. The lowest BCUT2D eigenvalue weighted by Crippen LogP contribution is -2.42. The van der Waals surface area contributed by atoms with Gasteiger partial charge >= 0.3 is 11.9 Å². The number of aryl methyl sites for hydroxylation is 1. The average molecular weight is 469 g/mol. The van der Waals surface area contributed by atoms with Crippen molar-refractivity contribution >= 4 is 17.3 Å². The molecule has 3 heterocycles. The van der Waals surface area contributed by atoms with Crippen LogP contribution < -0.4 is 10.6 Å². The van der Waals surface area contributed by atoms with E-state index in [4.69, 9.17) is 4.74 Å². The van der Waals surface area contributed by atoms with Gasteiger partial charge in [0, 0.05) is 11.4 Å². The van der Waals surface area contributed by atoms with Crippen molar-refractivity contribution in [3.05, 3.63) is 73.8 Å². The van der Waals surface area contributed by atoms with Gasteiger partial charge in [-0.05, 0) is 43.2 Å². The smallest absolute Gasteiger partial charge is 0.425 e. The van der Waals surface area contributed by atoms with Crippen LogP contribution in [0.1, 0.15) is 22.5 Å². The molecule has 1 unspecified atom stereocenters.